The van der Waals surface area contributed by atoms with Crippen molar-refractivity contribution in [3.05, 3.63) is 58.7 Å². The Morgan fingerprint density at radius 3 is 1.46 bits per heavy atom. The molecule has 2 N–H and O–H groups in total. The highest BCUT2D eigenvalue weighted by Gasteiger charge is 2.08. The molecule has 0 aromatic heterocycles. The van der Waals surface area contributed by atoms with Crippen molar-refractivity contribution in [1.29, 1.82) is 0 Å². The van der Waals surface area contributed by atoms with Crippen molar-refractivity contribution in [3.63, 3.8) is 0 Å². The quantitative estimate of drug-likeness (QED) is 0.451. The molecular weight excluding hydrogens is 336 g/mol. The molecule has 0 aliphatic carbocycles. The van der Waals surface area contributed by atoms with Crippen molar-refractivity contribution in [3.8, 4) is 23.0 Å². The fourth-order valence-corrected chi connectivity index (χ4v) is 2.30. The van der Waals surface area contributed by atoms with Gasteiger partial charge in [-0.25, -0.2) is 0 Å². The summed E-state index contributed by atoms with van der Waals surface area (Å²) in [5.41, 5.74) is 1.47. The lowest BCUT2D eigenvalue weighted by Gasteiger charge is -2.06. The van der Waals surface area contributed by atoms with Gasteiger partial charge in [-0.3, -0.25) is 9.59 Å². The molecule has 0 fully saturated rings. The number of phenolic OH excluding ortho intramolecular Hbond substituents is 2. The van der Waals surface area contributed by atoms with Crippen LogP contribution in [0.15, 0.2) is 47.5 Å². The third-order valence-corrected chi connectivity index (χ3v) is 3.64. The van der Waals surface area contributed by atoms with Crippen molar-refractivity contribution in [2.75, 3.05) is 14.2 Å². The molecule has 6 heteroatoms. The van der Waals surface area contributed by atoms with Crippen LogP contribution in [0.3, 0.4) is 0 Å². The lowest BCUT2D eigenvalue weighted by molar-refractivity contribution is -0.107. The molecule has 0 spiro atoms. The smallest absolute Gasteiger partial charge is 0.161 e. The van der Waals surface area contributed by atoms with Gasteiger partial charge in [0.05, 0.1) is 14.2 Å². The summed E-state index contributed by atoms with van der Waals surface area (Å²) in [5, 5.41) is 19.3. The van der Waals surface area contributed by atoms with Gasteiger partial charge in [0.1, 0.15) is 0 Å². The van der Waals surface area contributed by atoms with Gasteiger partial charge in [0, 0.05) is 11.1 Å². The number of carbonyl (C=O) groups excluding carboxylic acids is 2. The van der Waals surface area contributed by atoms with E-state index < -0.39 is 0 Å². The van der Waals surface area contributed by atoms with E-state index in [0.717, 1.165) is 0 Å². The zero-order valence-electron chi connectivity index (χ0n) is 14.3. The summed E-state index contributed by atoms with van der Waals surface area (Å²) in [7, 11) is 2.83. The minimum absolute atomic E-state index is 0.0281. The lowest BCUT2D eigenvalue weighted by atomic mass is 10.0. The number of methoxy groups -OCH3 is 2. The molecule has 0 amide bonds. The highest BCUT2D eigenvalue weighted by atomic mass is 16.5. The van der Waals surface area contributed by atoms with Gasteiger partial charge < -0.3 is 19.7 Å². The summed E-state index contributed by atoms with van der Waals surface area (Å²) in [6.45, 7) is 0. The molecule has 0 atom stereocenters. The molecule has 0 heterocycles. The molecule has 0 saturated carbocycles. The largest absolute Gasteiger partial charge is 0.504 e. The standard InChI is InChI=1S/C20H18O6/c1-25-19-9-13(3-5-17(19)23)7-15(11-21)16(12-22)8-14-4-6-18(24)20(10-14)26-2/h3-12,23-24H,1-2H3. The third-order valence-electron chi connectivity index (χ3n) is 3.64. The third kappa shape index (κ3) is 4.30. The maximum Gasteiger partial charge on any atom is 0.161 e. The first-order chi connectivity index (χ1) is 12.5. The minimum Gasteiger partial charge on any atom is -0.504 e. The van der Waals surface area contributed by atoms with Gasteiger partial charge in [-0.2, -0.15) is 0 Å². The van der Waals surface area contributed by atoms with Crippen LogP contribution in [0.4, 0.5) is 0 Å². The molecule has 0 unspecified atom stereocenters. The zero-order chi connectivity index (χ0) is 19.1. The lowest BCUT2D eigenvalue weighted by Crippen LogP contribution is -1.94. The second-order valence-corrected chi connectivity index (χ2v) is 5.30. The van der Waals surface area contributed by atoms with E-state index in [1.54, 1.807) is 24.3 Å². The van der Waals surface area contributed by atoms with E-state index in [1.807, 2.05) is 0 Å². The Labute approximate surface area is 150 Å². The molecule has 0 bridgehead atoms. The molecule has 0 radical (unpaired) electrons. The van der Waals surface area contributed by atoms with Crippen LogP contribution in [0.1, 0.15) is 11.1 Å². The first-order valence-electron chi connectivity index (χ1n) is 7.60. The number of carbonyl (C=O) groups is 2. The number of allylic oxidation sites excluding steroid dienone is 2. The second kappa shape index (κ2) is 8.53. The number of hydrogen-bond donors (Lipinski definition) is 2. The monoisotopic (exact) mass is 354 g/mol. The Morgan fingerprint density at radius 1 is 0.769 bits per heavy atom. The van der Waals surface area contributed by atoms with Crippen LogP contribution in [0.25, 0.3) is 12.2 Å². The molecule has 26 heavy (non-hydrogen) atoms. The highest BCUT2D eigenvalue weighted by molar-refractivity contribution is 6.02. The van der Waals surface area contributed by atoms with Crippen LogP contribution in [-0.4, -0.2) is 37.0 Å². The number of aldehydes is 2. The van der Waals surface area contributed by atoms with Crippen LogP contribution in [-0.2, 0) is 9.59 Å². The highest BCUT2D eigenvalue weighted by Crippen LogP contribution is 2.29. The van der Waals surface area contributed by atoms with Crippen molar-refractivity contribution < 1.29 is 29.3 Å². The number of rotatable bonds is 7. The molecule has 6 nitrogen and oxygen atoms in total. The normalized spacial score (nSPS) is 11.8. The van der Waals surface area contributed by atoms with Gasteiger partial charge in [-0.1, -0.05) is 12.1 Å². The predicted molar refractivity (Wildman–Crippen MR) is 97.4 cm³/mol. The number of benzene rings is 2. The van der Waals surface area contributed by atoms with E-state index in [4.69, 9.17) is 9.47 Å². The minimum atomic E-state index is -0.0281. The average Bonchev–Trinajstić information content (AvgIpc) is 2.66. The van der Waals surface area contributed by atoms with Crippen LogP contribution >= 0.6 is 0 Å². The van der Waals surface area contributed by atoms with E-state index in [9.17, 15) is 19.8 Å². The van der Waals surface area contributed by atoms with E-state index in [0.29, 0.717) is 23.7 Å². The second-order valence-electron chi connectivity index (χ2n) is 5.30. The number of hydrogen-bond acceptors (Lipinski definition) is 6. The van der Waals surface area contributed by atoms with Crippen molar-refractivity contribution in [1.82, 2.24) is 0 Å². The first kappa shape index (κ1) is 18.8. The van der Waals surface area contributed by atoms with Crippen molar-refractivity contribution >= 4 is 24.7 Å². The number of aromatic hydroxyl groups is 2. The Morgan fingerprint density at radius 2 is 1.15 bits per heavy atom. The summed E-state index contributed by atoms with van der Waals surface area (Å²) < 4.78 is 10.1. The van der Waals surface area contributed by atoms with Gasteiger partial charge in [0.2, 0.25) is 0 Å². The molecule has 134 valence electrons. The molecule has 0 aliphatic heterocycles. The van der Waals surface area contributed by atoms with Crippen molar-refractivity contribution in [2.45, 2.75) is 0 Å². The Hall–Kier alpha value is -3.54. The van der Waals surface area contributed by atoms with Crippen LogP contribution in [0, 0.1) is 0 Å². The van der Waals surface area contributed by atoms with Crippen molar-refractivity contribution in [2.24, 2.45) is 0 Å². The van der Waals surface area contributed by atoms with Crippen LogP contribution in [0.5, 0.6) is 23.0 Å². The fraction of sp³-hybridized carbons (Fsp3) is 0.100. The summed E-state index contributed by atoms with van der Waals surface area (Å²) in [4.78, 5) is 23.0. The van der Waals surface area contributed by atoms with Crippen LogP contribution in [0.2, 0.25) is 0 Å². The van der Waals surface area contributed by atoms with Gasteiger partial charge >= 0.3 is 0 Å². The Kier molecular flexibility index (Phi) is 6.16. The van der Waals surface area contributed by atoms with Crippen LogP contribution < -0.4 is 9.47 Å². The van der Waals surface area contributed by atoms with Gasteiger partial charge in [0.25, 0.3) is 0 Å². The topological polar surface area (TPSA) is 93.1 Å². The predicted octanol–water partition coefficient (Wildman–Crippen LogP) is 2.98. The first-order valence-corrected chi connectivity index (χ1v) is 7.60. The summed E-state index contributed by atoms with van der Waals surface area (Å²) in [5.74, 6) is 0.451. The zero-order valence-corrected chi connectivity index (χ0v) is 14.3. The van der Waals surface area contributed by atoms with E-state index in [1.165, 1.54) is 38.5 Å². The SMILES string of the molecule is COc1cc(C=C(C=O)C(C=O)=Cc2ccc(O)c(OC)c2)ccc1O. The summed E-state index contributed by atoms with van der Waals surface area (Å²) >= 11 is 0. The van der Waals surface area contributed by atoms with Gasteiger partial charge in [-0.05, 0) is 47.5 Å². The molecular formula is C20H18O6. The number of ether oxygens (including phenoxy) is 2. The summed E-state index contributed by atoms with van der Waals surface area (Å²) in [6, 6.07) is 9.14. The number of phenols is 2. The van der Waals surface area contributed by atoms with E-state index in [-0.39, 0.29) is 34.1 Å². The van der Waals surface area contributed by atoms with Gasteiger partial charge in [-0.15, -0.1) is 0 Å². The maximum absolute atomic E-state index is 11.5. The maximum atomic E-state index is 11.5. The molecule has 2 rings (SSSR count). The van der Waals surface area contributed by atoms with Gasteiger partial charge in [0.15, 0.2) is 35.6 Å². The molecule has 0 saturated heterocycles. The van der Waals surface area contributed by atoms with E-state index >= 15 is 0 Å². The Bertz CT molecular complexity index is 806. The average molecular weight is 354 g/mol. The molecule has 0 aliphatic rings. The van der Waals surface area contributed by atoms with E-state index in [2.05, 4.69) is 0 Å². The Balaban J connectivity index is 2.45. The molecule has 2 aromatic rings. The summed E-state index contributed by atoms with van der Waals surface area (Å²) in [6.07, 6.45) is 4.15. The molecule has 2 aromatic carbocycles. The fourth-order valence-electron chi connectivity index (χ4n) is 2.30.